The van der Waals surface area contributed by atoms with E-state index in [1.807, 2.05) is 37.3 Å². The standard InChI is InChI=1S/C21H20F3N5OS/c1-2-7-16-26-27-20-29(16)28-17(13-8-4-3-5-9-13)18(31-20)19(30)25-15-11-6-10-14(12-15)21(22,23)24/h3-6,8-12,17-18,28H,2,7H2,1H3,(H,25,30)/t17-,18-/m1/s1. The van der Waals surface area contributed by atoms with Gasteiger partial charge in [-0.25, -0.2) is 4.68 Å². The average Bonchev–Trinajstić information content (AvgIpc) is 3.15. The lowest BCUT2D eigenvalue weighted by atomic mass is 10.0. The van der Waals surface area contributed by atoms with E-state index in [0.29, 0.717) is 5.16 Å². The maximum Gasteiger partial charge on any atom is 0.416 e. The number of benzene rings is 2. The van der Waals surface area contributed by atoms with E-state index in [1.54, 1.807) is 4.68 Å². The fourth-order valence-corrected chi connectivity index (χ4v) is 4.48. The van der Waals surface area contributed by atoms with Crippen molar-refractivity contribution >= 4 is 23.4 Å². The summed E-state index contributed by atoms with van der Waals surface area (Å²) in [6, 6.07) is 13.6. The molecule has 0 aliphatic carbocycles. The first-order chi connectivity index (χ1) is 14.9. The number of nitrogens with zero attached hydrogens (tertiary/aromatic N) is 3. The summed E-state index contributed by atoms with van der Waals surface area (Å²) < 4.78 is 40.9. The molecule has 0 radical (unpaired) electrons. The number of carbonyl (C=O) groups excluding carboxylic acids is 1. The predicted octanol–water partition coefficient (Wildman–Crippen LogP) is 4.65. The highest BCUT2D eigenvalue weighted by atomic mass is 32.2. The van der Waals surface area contributed by atoms with Gasteiger partial charge in [-0.05, 0) is 30.2 Å². The summed E-state index contributed by atoms with van der Waals surface area (Å²) in [6.07, 6.45) is -2.87. The van der Waals surface area contributed by atoms with E-state index >= 15 is 0 Å². The van der Waals surface area contributed by atoms with Crippen molar-refractivity contribution in [3.63, 3.8) is 0 Å². The summed E-state index contributed by atoms with van der Waals surface area (Å²) in [5.41, 5.74) is 3.48. The molecule has 1 aliphatic heterocycles. The molecule has 4 rings (SSSR count). The number of rotatable bonds is 5. The SMILES string of the molecule is CCCc1nnc2n1N[C@H](c1ccccc1)[C@H](C(=O)Nc1cccc(C(F)(F)F)c1)S2. The highest BCUT2D eigenvalue weighted by molar-refractivity contribution is 8.00. The van der Waals surface area contributed by atoms with Crippen molar-refractivity contribution in [1.29, 1.82) is 0 Å². The number of carbonyl (C=O) groups is 1. The number of nitrogens with one attached hydrogen (secondary N) is 2. The summed E-state index contributed by atoms with van der Waals surface area (Å²) in [4.78, 5) is 13.1. The van der Waals surface area contributed by atoms with Gasteiger partial charge < -0.3 is 10.7 Å². The highest BCUT2D eigenvalue weighted by Gasteiger charge is 2.38. The molecule has 0 saturated heterocycles. The van der Waals surface area contributed by atoms with Gasteiger partial charge in [0.2, 0.25) is 11.1 Å². The van der Waals surface area contributed by atoms with Crippen LogP contribution in [0, 0.1) is 0 Å². The van der Waals surface area contributed by atoms with Gasteiger partial charge in [0.15, 0.2) is 5.82 Å². The average molecular weight is 447 g/mol. The summed E-state index contributed by atoms with van der Waals surface area (Å²) in [7, 11) is 0. The Labute approximate surface area is 181 Å². The van der Waals surface area contributed by atoms with Crippen molar-refractivity contribution in [2.75, 3.05) is 10.7 Å². The maximum absolute atomic E-state index is 13.1. The van der Waals surface area contributed by atoms with Gasteiger partial charge >= 0.3 is 6.18 Å². The number of aromatic nitrogens is 3. The van der Waals surface area contributed by atoms with Crippen molar-refractivity contribution in [2.45, 2.75) is 42.4 Å². The Morgan fingerprint density at radius 3 is 2.65 bits per heavy atom. The Hall–Kier alpha value is -3.01. The molecule has 10 heteroatoms. The molecule has 0 fully saturated rings. The number of fused-ring (bicyclic) bond motifs is 1. The Kier molecular flexibility index (Phi) is 5.90. The molecule has 1 amide bonds. The second-order valence-corrected chi connectivity index (χ2v) is 8.22. The molecule has 31 heavy (non-hydrogen) atoms. The van der Waals surface area contributed by atoms with Crippen LogP contribution >= 0.6 is 11.8 Å². The number of aryl methyl sites for hydroxylation is 1. The third-order valence-electron chi connectivity index (χ3n) is 4.85. The lowest BCUT2D eigenvalue weighted by Gasteiger charge is -2.33. The van der Waals surface area contributed by atoms with E-state index in [4.69, 9.17) is 0 Å². The van der Waals surface area contributed by atoms with E-state index in [1.165, 1.54) is 23.9 Å². The molecule has 0 bridgehead atoms. The summed E-state index contributed by atoms with van der Waals surface area (Å²) >= 11 is 1.24. The molecule has 3 aromatic rings. The van der Waals surface area contributed by atoms with Crippen LogP contribution in [0.25, 0.3) is 0 Å². The van der Waals surface area contributed by atoms with E-state index in [9.17, 15) is 18.0 Å². The third-order valence-corrected chi connectivity index (χ3v) is 6.07. The third kappa shape index (κ3) is 4.53. The molecule has 2 atom stereocenters. The zero-order valence-electron chi connectivity index (χ0n) is 16.6. The largest absolute Gasteiger partial charge is 0.416 e. The van der Waals surface area contributed by atoms with Crippen LogP contribution in [0.1, 0.15) is 36.3 Å². The van der Waals surface area contributed by atoms with Crippen LogP contribution in [0.3, 0.4) is 0 Å². The smallest absolute Gasteiger partial charge is 0.325 e. The Morgan fingerprint density at radius 2 is 1.94 bits per heavy atom. The van der Waals surface area contributed by atoms with Crippen LogP contribution < -0.4 is 10.7 Å². The molecule has 162 valence electrons. The predicted molar refractivity (Wildman–Crippen MR) is 112 cm³/mol. The second-order valence-electron chi connectivity index (χ2n) is 7.11. The summed E-state index contributed by atoms with van der Waals surface area (Å²) in [5.74, 6) is 0.347. The topological polar surface area (TPSA) is 71.8 Å². The molecule has 6 nitrogen and oxygen atoms in total. The fraction of sp³-hybridized carbons (Fsp3) is 0.286. The quantitative estimate of drug-likeness (QED) is 0.596. The molecule has 2 N–H and O–H groups in total. The van der Waals surface area contributed by atoms with Crippen LogP contribution in [0.2, 0.25) is 0 Å². The van der Waals surface area contributed by atoms with Gasteiger partial charge in [-0.1, -0.05) is 55.1 Å². The van der Waals surface area contributed by atoms with Gasteiger partial charge in [0.1, 0.15) is 5.25 Å². The van der Waals surface area contributed by atoms with Gasteiger partial charge in [0, 0.05) is 12.1 Å². The lowest BCUT2D eigenvalue weighted by molar-refractivity contribution is -0.137. The highest BCUT2D eigenvalue weighted by Crippen LogP contribution is 2.38. The normalized spacial score (nSPS) is 18.2. The van der Waals surface area contributed by atoms with Gasteiger partial charge in [0.05, 0.1) is 11.6 Å². The lowest BCUT2D eigenvalue weighted by Crippen LogP contribution is -2.41. The number of amides is 1. The fourth-order valence-electron chi connectivity index (χ4n) is 3.38. The van der Waals surface area contributed by atoms with Crippen LogP contribution in [0.15, 0.2) is 59.8 Å². The Bertz CT molecular complexity index is 1070. The first-order valence-electron chi connectivity index (χ1n) is 9.77. The first kappa shape index (κ1) is 21.2. The van der Waals surface area contributed by atoms with Crippen LogP contribution in [-0.2, 0) is 17.4 Å². The molecule has 1 aliphatic rings. The van der Waals surface area contributed by atoms with Crippen molar-refractivity contribution in [3.8, 4) is 0 Å². The molecule has 0 unspecified atom stereocenters. The van der Waals surface area contributed by atoms with Gasteiger partial charge in [-0.3, -0.25) is 4.79 Å². The van der Waals surface area contributed by atoms with E-state index in [2.05, 4.69) is 20.9 Å². The summed E-state index contributed by atoms with van der Waals surface area (Å²) in [5, 5.41) is 10.9. The number of anilines is 1. The number of thioether (sulfide) groups is 1. The Balaban J connectivity index is 1.63. The monoisotopic (exact) mass is 447 g/mol. The minimum absolute atomic E-state index is 0.0888. The minimum atomic E-state index is -4.49. The van der Waals surface area contributed by atoms with E-state index in [0.717, 1.165) is 36.4 Å². The van der Waals surface area contributed by atoms with Gasteiger partial charge in [-0.2, -0.15) is 13.2 Å². The molecular formula is C21H20F3N5OS. The molecule has 1 aromatic heterocycles. The van der Waals surface area contributed by atoms with E-state index < -0.39 is 28.9 Å². The number of alkyl halides is 3. The maximum atomic E-state index is 13.1. The summed E-state index contributed by atoms with van der Waals surface area (Å²) in [6.45, 7) is 2.04. The van der Waals surface area contributed by atoms with Crippen molar-refractivity contribution in [2.24, 2.45) is 0 Å². The van der Waals surface area contributed by atoms with Crippen molar-refractivity contribution < 1.29 is 18.0 Å². The van der Waals surface area contributed by atoms with E-state index in [-0.39, 0.29) is 5.69 Å². The number of hydrogen-bond acceptors (Lipinski definition) is 5. The van der Waals surface area contributed by atoms with Crippen LogP contribution in [0.4, 0.5) is 18.9 Å². The van der Waals surface area contributed by atoms with Crippen molar-refractivity contribution in [3.05, 3.63) is 71.5 Å². The first-order valence-corrected chi connectivity index (χ1v) is 10.7. The zero-order valence-corrected chi connectivity index (χ0v) is 17.4. The minimum Gasteiger partial charge on any atom is -0.325 e. The molecule has 2 aromatic carbocycles. The van der Waals surface area contributed by atoms with Gasteiger partial charge in [0.25, 0.3) is 0 Å². The van der Waals surface area contributed by atoms with Crippen LogP contribution in [-0.4, -0.2) is 26.0 Å². The Morgan fingerprint density at radius 1 is 1.16 bits per heavy atom. The molecule has 0 saturated carbocycles. The molecule has 2 heterocycles. The molecular weight excluding hydrogens is 427 g/mol. The number of halogens is 3. The molecule has 0 spiro atoms. The zero-order chi connectivity index (χ0) is 22.0. The van der Waals surface area contributed by atoms with Crippen molar-refractivity contribution in [1.82, 2.24) is 14.9 Å². The van der Waals surface area contributed by atoms with Gasteiger partial charge in [-0.15, -0.1) is 10.2 Å². The number of hydrogen-bond donors (Lipinski definition) is 2. The second kappa shape index (κ2) is 8.62. The van der Waals surface area contributed by atoms with Crippen LogP contribution in [0.5, 0.6) is 0 Å².